The molecule has 0 bridgehead atoms. The van der Waals surface area contributed by atoms with Crippen LogP contribution < -0.4 is 10.6 Å². The van der Waals surface area contributed by atoms with Crippen molar-refractivity contribution in [3.8, 4) is 0 Å². The molecule has 0 aliphatic rings. The van der Waals surface area contributed by atoms with E-state index in [2.05, 4.69) is 42.4 Å². The number of nitrogens with one attached hydrogen (secondary N) is 2. The minimum atomic E-state index is 0.782. The van der Waals surface area contributed by atoms with E-state index in [4.69, 9.17) is 0 Å². The predicted molar refractivity (Wildman–Crippen MR) is 85.6 cm³/mol. The maximum Gasteiger partial charge on any atom is 0.191 e. The van der Waals surface area contributed by atoms with Gasteiger partial charge in [-0.1, -0.05) is 6.92 Å². The van der Waals surface area contributed by atoms with E-state index >= 15 is 0 Å². The fourth-order valence-electron chi connectivity index (χ4n) is 2.14. The van der Waals surface area contributed by atoms with E-state index in [1.807, 2.05) is 16.9 Å². The van der Waals surface area contributed by atoms with E-state index in [9.17, 15) is 0 Å². The molecule has 2 N–H and O–H groups in total. The van der Waals surface area contributed by atoms with Gasteiger partial charge in [-0.05, 0) is 12.5 Å². The first kappa shape index (κ1) is 16.0. The number of hydrogen-bond donors (Lipinski definition) is 2. The lowest BCUT2D eigenvalue weighted by atomic mass is 10.4. The zero-order valence-electron chi connectivity index (χ0n) is 13.2. The van der Waals surface area contributed by atoms with E-state index in [-0.39, 0.29) is 0 Å². The highest BCUT2D eigenvalue weighted by Gasteiger charge is 2.02. The zero-order chi connectivity index (χ0) is 15.6. The summed E-state index contributed by atoms with van der Waals surface area (Å²) in [5.74, 6) is 1.82. The minimum Gasteiger partial charge on any atom is -0.356 e. The number of aliphatic imine (C=N–C) groups is 1. The van der Waals surface area contributed by atoms with Gasteiger partial charge in [0.15, 0.2) is 5.96 Å². The van der Waals surface area contributed by atoms with Crippen molar-refractivity contribution in [1.29, 1.82) is 0 Å². The Hall–Kier alpha value is -2.38. The van der Waals surface area contributed by atoms with Crippen LogP contribution in [0.4, 0.5) is 0 Å². The number of hydrogen-bond acceptors (Lipinski definition) is 4. The molecule has 0 unspecified atom stereocenters. The zero-order valence-corrected chi connectivity index (χ0v) is 13.2. The first-order valence-electron chi connectivity index (χ1n) is 7.62. The Morgan fingerprint density at radius 3 is 2.86 bits per heavy atom. The summed E-state index contributed by atoms with van der Waals surface area (Å²) in [7, 11) is 1.78. The molecule has 22 heavy (non-hydrogen) atoms. The molecule has 2 heterocycles. The van der Waals surface area contributed by atoms with Gasteiger partial charge in [-0.25, -0.2) is 0 Å². The van der Waals surface area contributed by atoms with E-state index in [1.165, 1.54) is 0 Å². The summed E-state index contributed by atoms with van der Waals surface area (Å²) >= 11 is 0. The molecule has 0 aliphatic carbocycles. The number of aromatic nitrogens is 5. The lowest BCUT2D eigenvalue weighted by Gasteiger charge is -2.12. The van der Waals surface area contributed by atoms with Crippen molar-refractivity contribution < 1.29 is 0 Å². The van der Waals surface area contributed by atoms with Crippen LogP contribution in [0.5, 0.6) is 0 Å². The highest BCUT2D eigenvalue weighted by molar-refractivity contribution is 5.79. The molecule has 120 valence electrons. The van der Waals surface area contributed by atoms with Crippen molar-refractivity contribution in [3.63, 3.8) is 0 Å². The SMILES string of the molecule is CCc1nncn1CCNC(=NC)NCCCn1cccn1. The minimum absolute atomic E-state index is 0.782. The van der Waals surface area contributed by atoms with Gasteiger partial charge in [-0.15, -0.1) is 10.2 Å². The van der Waals surface area contributed by atoms with Gasteiger partial charge in [0, 0.05) is 52.0 Å². The third kappa shape index (κ3) is 4.87. The summed E-state index contributed by atoms with van der Waals surface area (Å²) in [4.78, 5) is 4.22. The van der Waals surface area contributed by atoms with Crippen molar-refractivity contribution in [3.05, 3.63) is 30.6 Å². The standard InChI is InChI=1S/C14H24N8/c1-3-13-20-18-12-21(13)11-8-17-14(15-2)16-6-4-9-22-10-5-7-19-22/h5,7,10,12H,3-4,6,8-9,11H2,1-2H3,(H2,15,16,17). The third-order valence-electron chi connectivity index (χ3n) is 3.30. The monoisotopic (exact) mass is 304 g/mol. The smallest absolute Gasteiger partial charge is 0.191 e. The van der Waals surface area contributed by atoms with Crippen molar-refractivity contribution in [2.45, 2.75) is 32.9 Å². The van der Waals surface area contributed by atoms with Crippen LogP contribution in [-0.2, 0) is 19.5 Å². The van der Waals surface area contributed by atoms with E-state index in [0.717, 1.165) is 50.8 Å². The molecule has 0 atom stereocenters. The summed E-state index contributed by atoms with van der Waals surface area (Å²) in [6.07, 6.45) is 7.41. The molecular weight excluding hydrogens is 280 g/mol. The van der Waals surface area contributed by atoms with Crippen molar-refractivity contribution in [1.82, 2.24) is 35.2 Å². The van der Waals surface area contributed by atoms with Crippen LogP contribution >= 0.6 is 0 Å². The normalized spacial score (nSPS) is 11.6. The summed E-state index contributed by atoms with van der Waals surface area (Å²) in [5.41, 5.74) is 0. The predicted octanol–water partition coefficient (Wildman–Crippen LogP) is 0.292. The van der Waals surface area contributed by atoms with E-state index in [1.54, 1.807) is 19.6 Å². The Bertz CT molecular complexity index is 557. The largest absolute Gasteiger partial charge is 0.356 e. The Kier molecular flexibility index (Phi) is 6.40. The summed E-state index contributed by atoms with van der Waals surface area (Å²) in [5, 5.41) is 18.8. The van der Waals surface area contributed by atoms with Crippen molar-refractivity contribution in [2.75, 3.05) is 20.1 Å². The molecule has 0 aromatic carbocycles. The van der Waals surface area contributed by atoms with Gasteiger partial charge in [0.25, 0.3) is 0 Å². The molecule has 8 heteroatoms. The topological polar surface area (TPSA) is 85.0 Å². The quantitative estimate of drug-likeness (QED) is 0.416. The molecule has 2 aromatic heterocycles. The first-order valence-corrected chi connectivity index (χ1v) is 7.62. The second-order valence-electron chi connectivity index (χ2n) is 4.84. The molecular formula is C14H24N8. The van der Waals surface area contributed by atoms with Crippen LogP contribution in [0.3, 0.4) is 0 Å². The Morgan fingerprint density at radius 2 is 2.14 bits per heavy atom. The number of aryl methyl sites for hydroxylation is 2. The first-order chi connectivity index (χ1) is 10.8. The lowest BCUT2D eigenvalue weighted by molar-refractivity contribution is 0.568. The number of rotatable bonds is 8. The van der Waals surface area contributed by atoms with Gasteiger partial charge < -0.3 is 15.2 Å². The molecule has 0 saturated carbocycles. The van der Waals surface area contributed by atoms with Gasteiger partial charge in [0.05, 0.1) is 0 Å². The second-order valence-corrected chi connectivity index (χ2v) is 4.84. The summed E-state index contributed by atoms with van der Waals surface area (Å²) in [6.45, 7) is 5.44. The van der Waals surface area contributed by atoms with Gasteiger partial charge >= 0.3 is 0 Å². The summed E-state index contributed by atoms with van der Waals surface area (Å²) in [6, 6.07) is 1.93. The molecule has 0 radical (unpaired) electrons. The van der Waals surface area contributed by atoms with Gasteiger partial charge in [-0.2, -0.15) is 5.10 Å². The van der Waals surface area contributed by atoms with Crippen LogP contribution in [0, 0.1) is 0 Å². The van der Waals surface area contributed by atoms with Crippen LogP contribution in [0.2, 0.25) is 0 Å². The average molecular weight is 304 g/mol. The fourth-order valence-corrected chi connectivity index (χ4v) is 2.14. The molecule has 8 nitrogen and oxygen atoms in total. The van der Waals surface area contributed by atoms with Gasteiger partial charge in [0.1, 0.15) is 12.2 Å². The highest BCUT2D eigenvalue weighted by Crippen LogP contribution is 1.94. The van der Waals surface area contributed by atoms with Crippen LogP contribution in [-0.4, -0.2) is 50.6 Å². The molecule has 2 rings (SSSR count). The highest BCUT2D eigenvalue weighted by atomic mass is 15.3. The number of nitrogens with zero attached hydrogens (tertiary/aromatic N) is 6. The third-order valence-corrected chi connectivity index (χ3v) is 3.30. The molecule has 0 aliphatic heterocycles. The van der Waals surface area contributed by atoms with Gasteiger partial charge in [0.2, 0.25) is 0 Å². The molecule has 0 fully saturated rings. The Labute approximate surface area is 130 Å². The van der Waals surface area contributed by atoms with Crippen molar-refractivity contribution in [2.24, 2.45) is 4.99 Å². The fraction of sp³-hybridized carbons (Fsp3) is 0.571. The van der Waals surface area contributed by atoms with Gasteiger partial charge in [-0.3, -0.25) is 9.67 Å². The summed E-state index contributed by atoms with van der Waals surface area (Å²) < 4.78 is 3.98. The van der Waals surface area contributed by atoms with E-state index in [0.29, 0.717) is 0 Å². The maximum absolute atomic E-state index is 4.22. The van der Waals surface area contributed by atoms with E-state index < -0.39 is 0 Å². The number of guanidine groups is 1. The molecule has 0 spiro atoms. The Balaban J connectivity index is 1.63. The maximum atomic E-state index is 4.22. The van der Waals surface area contributed by atoms with Crippen LogP contribution in [0.15, 0.2) is 29.8 Å². The second kappa shape index (κ2) is 8.81. The van der Waals surface area contributed by atoms with Crippen molar-refractivity contribution >= 4 is 5.96 Å². The van der Waals surface area contributed by atoms with Crippen LogP contribution in [0.25, 0.3) is 0 Å². The van der Waals surface area contributed by atoms with Crippen LogP contribution in [0.1, 0.15) is 19.2 Å². The lowest BCUT2D eigenvalue weighted by Crippen LogP contribution is -2.39. The molecule has 0 amide bonds. The Morgan fingerprint density at radius 1 is 1.27 bits per heavy atom. The average Bonchev–Trinajstić information content (AvgIpc) is 3.20. The molecule has 2 aromatic rings. The molecule has 0 saturated heterocycles.